The molecule has 10 atom stereocenters. The van der Waals surface area contributed by atoms with Gasteiger partial charge in [0.25, 0.3) is 0 Å². The molecule has 0 spiro atoms. The lowest BCUT2D eigenvalue weighted by Crippen LogP contribution is -2.64. The lowest BCUT2D eigenvalue weighted by Gasteiger charge is -2.64. The summed E-state index contributed by atoms with van der Waals surface area (Å²) in [5, 5.41) is 42.8. The van der Waals surface area contributed by atoms with Crippen molar-refractivity contribution in [3.63, 3.8) is 0 Å². The van der Waals surface area contributed by atoms with Gasteiger partial charge in [0.1, 0.15) is 12.2 Å². The van der Waals surface area contributed by atoms with E-state index in [1.165, 1.54) is 6.42 Å². The third-order valence-electron chi connectivity index (χ3n) is 10.6. The predicted molar refractivity (Wildman–Crippen MR) is 106 cm³/mol. The van der Waals surface area contributed by atoms with Gasteiger partial charge < -0.3 is 20.4 Å². The van der Waals surface area contributed by atoms with E-state index in [0.717, 1.165) is 44.9 Å². The van der Waals surface area contributed by atoms with Crippen molar-refractivity contribution in [2.45, 2.75) is 88.9 Å². The van der Waals surface area contributed by atoms with Crippen LogP contribution >= 0.6 is 0 Å². The van der Waals surface area contributed by atoms with Crippen molar-refractivity contribution in [1.82, 2.24) is 0 Å². The van der Waals surface area contributed by atoms with Crippen LogP contribution in [-0.4, -0.2) is 44.3 Å². The molecule has 4 heteroatoms. The van der Waals surface area contributed by atoms with Crippen LogP contribution < -0.4 is 0 Å². The van der Waals surface area contributed by atoms with Crippen LogP contribution in [0, 0.1) is 52.3 Å². The van der Waals surface area contributed by atoms with Crippen LogP contribution in [0.15, 0.2) is 0 Å². The van der Waals surface area contributed by atoms with Crippen LogP contribution in [0.5, 0.6) is 0 Å². The van der Waals surface area contributed by atoms with Gasteiger partial charge in [-0.1, -0.05) is 25.7 Å². The molecule has 0 unspecified atom stereocenters. The summed E-state index contributed by atoms with van der Waals surface area (Å²) in [7, 11) is 0. The summed E-state index contributed by atoms with van der Waals surface area (Å²) in [6.45, 7) is 4.34. The smallest absolute Gasteiger partial charge is 0.134 e. The SMILES string of the molecule is C[C@]12CC[C@H]3[C@@H](CC[C@]4(O)C[C@@H](O)CC[C@]34C)[C@@H]1[C@@H]1CC[C@@H]1[C@]2(O)C#CCO. The molecule has 0 amide bonds. The largest absolute Gasteiger partial charge is 0.393 e. The Bertz CT molecular complexity index is 726. The van der Waals surface area contributed by atoms with Gasteiger partial charge in [-0.25, -0.2) is 0 Å². The minimum Gasteiger partial charge on any atom is -0.393 e. The fraction of sp³-hybridized carbons (Fsp3) is 0.917. The summed E-state index contributed by atoms with van der Waals surface area (Å²) in [5.74, 6) is 8.13. The molecule has 4 N–H and O–H groups in total. The highest BCUT2D eigenvalue weighted by Crippen LogP contribution is 2.74. The van der Waals surface area contributed by atoms with Crippen molar-refractivity contribution in [3.05, 3.63) is 0 Å². The molecule has 5 aliphatic rings. The average Bonchev–Trinajstić information content (AvgIpc) is 2.74. The number of aliphatic hydroxyl groups excluding tert-OH is 2. The van der Waals surface area contributed by atoms with Gasteiger partial charge in [0.05, 0.1) is 11.7 Å². The Morgan fingerprint density at radius 1 is 0.857 bits per heavy atom. The molecule has 156 valence electrons. The Hall–Kier alpha value is -0.600. The molecule has 0 bridgehead atoms. The van der Waals surface area contributed by atoms with Crippen LogP contribution in [0.4, 0.5) is 0 Å². The standard InChI is InChI=1S/C24H36O4/c1-21-10-6-15(26)14-23(21,27)12-7-17-18(21)8-11-22(2)20(17)16-4-5-19(16)24(22,28)9-3-13-25/h15-20,25-28H,4-8,10-14H2,1-2H3/t15-,16+,17+,18-,19-,20-,21+,22-,23-,24+/m0/s1. The van der Waals surface area contributed by atoms with Crippen LogP contribution in [0.25, 0.3) is 0 Å². The monoisotopic (exact) mass is 388 g/mol. The van der Waals surface area contributed by atoms with Gasteiger partial charge in [-0.15, -0.1) is 0 Å². The summed E-state index contributed by atoms with van der Waals surface area (Å²) in [6, 6.07) is 0. The van der Waals surface area contributed by atoms with E-state index in [1.807, 2.05) is 0 Å². The van der Waals surface area contributed by atoms with Crippen LogP contribution in [0.3, 0.4) is 0 Å². The fourth-order valence-corrected chi connectivity index (χ4v) is 9.02. The van der Waals surface area contributed by atoms with Gasteiger partial charge in [-0.3, -0.25) is 0 Å². The lowest BCUT2D eigenvalue weighted by atomic mass is 9.42. The topological polar surface area (TPSA) is 80.9 Å². The highest BCUT2D eigenvalue weighted by Gasteiger charge is 2.74. The van der Waals surface area contributed by atoms with E-state index < -0.39 is 11.2 Å². The second-order valence-corrected chi connectivity index (χ2v) is 11.2. The molecule has 0 aliphatic heterocycles. The number of fused-ring (bicyclic) bond motifs is 7. The average molecular weight is 389 g/mol. The first-order chi connectivity index (χ1) is 13.2. The molecular formula is C24H36O4. The van der Waals surface area contributed by atoms with Crippen molar-refractivity contribution in [3.8, 4) is 11.8 Å². The number of hydrogen-bond acceptors (Lipinski definition) is 4. The van der Waals surface area contributed by atoms with Crippen molar-refractivity contribution < 1.29 is 20.4 Å². The van der Waals surface area contributed by atoms with E-state index >= 15 is 0 Å². The molecule has 4 nitrogen and oxygen atoms in total. The molecule has 0 aromatic rings. The molecule has 5 aliphatic carbocycles. The zero-order valence-corrected chi connectivity index (χ0v) is 17.3. The first kappa shape index (κ1) is 19.4. The molecule has 0 heterocycles. The molecule has 5 rings (SSSR count). The molecular weight excluding hydrogens is 352 g/mol. The first-order valence-electron chi connectivity index (χ1n) is 11.4. The van der Waals surface area contributed by atoms with Crippen molar-refractivity contribution in [2.24, 2.45) is 40.4 Å². The van der Waals surface area contributed by atoms with Gasteiger partial charge in [0.2, 0.25) is 0 Å². The van der Waals surface area contributed by atoms with E-state index in [0.29, 0.717) is 30.1 Å². The third kappa shape index (κ3) is 2.12. The summed E-state index contributed by atoms with van der Waals surface area (Å²) in [4.78, 5) is 0. The fourth-order valence-electron chi connectivity index (χ4n) is 9.02. The second kappa shape index (κ2) is 5.97. The minimum atomic E-state index is -0.980. The molecule has 0 aromatic heterocycles. The zero-order chi connectivity index (χ0) is 19.9. The van der Waals surface area contributed by atoms with Crippen LogP contribution in [0.2, 0.25) is 0 Å². The number of rotatable bonds is 0. The van der Waals surface area contributed by atoms with E-state index in [1.54, 1.807) is 0 Å². The Morgan fingerprint density at radius 3 is 2.25 bits per heavy atom. The Balaban J connectivity index is 1.53. The van der Waals surface area contributed by atoms with E-state index in [4.69, 9.17) is 0 Å². The number of aliphatic hydroxyl groups is 4. The van der Waals surface area contributed by atoms with Gasteiger partial charge in [-0.2, -0.15) is 0 Å². The zero-order valence-electron chi connectivity index (χ0n) is 17.3. The maximum absolute atomic E-state index is 11.8. The van der Waals surface area contributed by atoms with E-state index in [9.17, 15) is 20.4 Å². The van der Waals surface area contributed by atoms with Crippen molar-refractivity contribution in [2.75, 3.05) is 6.61 Å². The first-order valence-corrected chi connectivity index (χ1v) is 11.4. The molecule has 0 aromatic carbocycles. The minimum absolute atomic E-state index is 0.132. The third-order valence-corrected chi connectivity index (χ3v) is 10.6. The van der Waals surface area contributed by atoms with Gasteiger partial charge in [0, 0.05) is 17.8 Å². The lowest BCUT2D eigenvalue weighted by molar-refractivity contribution is -0.225. The Kier molecular flexibility index (Phi) is 4.13. The van der Waals surface area contributed by atoms with E-state index in [2.05, 4.69) is 25.7 Å². The molecule has 0 radical (unpaired) electrons. The maximum atomic E-state index is 11.8. The normalized spacial score (nSPS) is 59.6. The second-order valence-electron chi connectivity index (χ2n) is 11.2. The molecule has 5 fully saturated rings. The molecule has 0 saturated heterocycles. The van der Waals surface area contributed by atoms with Crippen molar-refractivity contribution in [1.29, 1.82) is 0 Å². The van der Waals surface area contributed by atoms with E-state index in [-0.39, 0.29) is 29.5 Å². The summed E-state index contributed by atoms with van der Waals surface area (Å²) in [5.41, 5.74) is -2.08. The predicted octanol–water partition coefficient (Wildman–Crippen LogP) is 2.48. The molecule has 5 saturated carbocycles. The van der Waals surface area contributed by atoms with Gasteiger partial charge >= 0.3 is 0 Å². The summed E-state index contributed by atoms with van der Waals surface area (Å²) in [6.07, 6.45) is 7.79. The van der Waals surface area contributed by atoms with Crippen LogP contribution in [-0.2, 0) is 0 Å². The highest BCUT2D eigenvalue weighted by molar-refractivity contribution is 5.32. The Labute approximate surface area is 168 Å². The maximum Gasteiger partial charge on any atom is 0.134 e. The van der Waals surface area contributed by atoms with Crippen LogP contribution in [0.1, 0.15) is 71.6 Å². The van der Waals surface area contributed by atoms with Crippen molar-refractivity contribution >= 4 is 0 Å². The quantitative estimate of drug-likeness (QED) is 0.481. The van der Waals surface area contributed by atoms with Gasteiger partial charge in [0.15, 0.2) is 0 Å². The summed E-state index contributed by atoms with van der Waals surface area (Å²) < 4.78 is 0. The molecule has 28 heavy (non-hydrogen) atoms. The Morgan fingerprint density at radius 2 is 1.57 bits per heavy atom. The summed E-state index contributed by atoms with van der Waals surface area (Å²) >= 11 is 0. The van der Waals surface area contributed by atoms with Gasteiger partial charge in [-0.05, 0) is 80.5 Å². The highest BCUT2D eigenvalue weighted by atomic mass is 16.3. The number of hydrogen-bond donors (Lipinski definition) is 4.